The van der Waals surface area contributed by atoms with Crippen LogP contribution in [0.15, 0.2) is 21.1 Å². The minimum atomic E-state index is -0.163. The molecule has 1 heterocycles. The molecule has 110 valence electrons. The van der Waals surface area contributed by atoms with Crippen molar-refractivity contribution >= 4 is 27.5 Å². The van der Waals surface area contributed by atoms with Crippen LogP contribution >= 0.6 is 15.9 Å². The van der Waals surface area contributed by atoms with E-state index in [1.54, 1.807) is 6.92 Å². The van der Waals surface area contributed by atoms with Crippen LogP contribution in [0, 0.1) is 6.92 Å². The lowest BCUT2D eigenvalue weighted by Crippen LogP contribution is -2.15. The minimum Gasteiger partial charge on any atom is -0.360 e. The normalized spacial score (nSPS) is 13.3. The van der Waals surface area contributed by atoms with Crippen molar-refractivity contribution in [3.05, 3.63) is 44.7 Å². The van der Waals surface area contributed by atoms with E-state index in [1.807, 2.05) is 6.92 Å². The number of hydrogen-bond donors (Lipinski definition) is 1. The molecule has 1 aromatic carbocycles. The van der Waals surface area contributed by atoms with Gasteiger partial charge in [-0.15, -0.1) is 0 Å². The zero-order valence-corrected chi connectivity index (χ0v) is 13.7. The molecule has 0 saturated carbocycles. The molecule has 1 N–H and O–H groups in total. The number of aryl methyl sites for hydroxylation is 4. The largest absolute Gasteiger partial charge is 0.360 e. The molecule has 1 aliphatic carbocycles. The summed E-state index contributed by atoms with van der Waals surface area (Å²) in [5, 5.41) is 6.85. The summed E-state index contributed by atoms with van der Waals surface area (Å²) in [5.41, 5.74) is 4.68. The lowest BCUT2D eigenvalue weighted by Gasteiger charge is -2.10. The monoisotopic (exact) mass is 348 g/mol. The predicted octanol–water partition coefficient (Wildman–Crippen LogP) is 4.05. The second kappa shape index (κ2) is 5.64. The Morgan fingerprint density at radius 1 is 1.38 bits per heavy atom. The number of carbonyl (C=O) groups excluding carboxylic acids is 1. The van der Waals surface area contributed by atoms with Crippen molar-refractivity contribution < 1.29 is 9.32 Å². The van der Waals surface area contributed by atoms with E-state index >= 15 is 0 Å². The fourth-order valence-electron chi connectivity index (χ4n) is 2.82. The molecule has 0 fully saturated rings. The van der Waals surface area contributed by atoms with Crippen LogP contribution in [0.5, 0.6) is 0 Å². The van der Waals surface area contributed by atoms with Crippen LogP contribution in [0.1, 0.15) is 46.3 Å². The van der Waals surface area contributed by atoms with Crippen molar-refractivity contribution in [2.24, 2.45) is 0 Å². The van der Waals surface area contributed by atoms with Gasteiger partial charge in [-0.2, -0.15) is 0 Å². The number of benzene rings is 1. The number of carbonyl (C=O) groups is 1. The van der Waals surface area contributed by atoms with Crippen molar-refractivity contribution in [3.8, 4) is 0 Å². The molecular weight excluding hydrogens is 332 g/mol. The molecular formula is C16H17BrN2O2. The van der Waals surface area contributed by atoms with Gasteiger partial charge in [0, 0.05) is 10.9 Å². The summed E-state index contributed by atoms with van der Waals surface area (Å²) in [5.74, 6) is 0.464. The molecule has 1 amide bonds. The molecule has 0 radical (unpaired) electrons. The van der Waals surface area contributed by atoms with Crippen molar-refractivity contribution in [3.63, 3.8) is 0 Å². The highest BCUT2D eigenvalue weighted by atomic mass is 79.9. The third kappa shape index (κ3) is 2.62. The van der Waals surface area contributed by atoms with E-state index in [0.29, 0.717) is 23.4 Å². The number of nitrogens with one attached hydrogen (secondary N) is 1. The first-order chi connectivity index (χ1) is 10.1. The number of rotatable bonds is 3. The SMILES string of the molecule is CCc1onc(C)c1C(=O)Nc1cc2c(cc1Br)CCC2. The molecule has 0 aliphatic heterocycles. The van der Waals surface area contributed by atoms with Gasteiger partial charge in [0.2, 0.25) is 0 Å². The average Bonchev–Trinajstić information content (AvgIpc) is 3.04. The fourth-order valence-corrected chi connectivity index (χ4v) is 3.31. The number of nitrogens with zero attached hydrogens (tertiary/aromatic N) is 1. The van der Waals surface area contributed by atoms with Crippen LogP contribution in [0.2, 0.25) is 0 Å². The summed E-state index contributed by atoms with van der Waals surface area (Å²) in [6, 6.07) is 4.18. The van der Waals surface area contributed by atoms with Crippen molar-refractivity contribution in [1.29, 1.82) is 0 Å². The molecule has 0 bridgehead atoms. The molecule has 3 rings (SSSR count). The van der Waals surface area contributed by atoms with Crippen LogP contribution < -0.4 is 5.32 Å². The van der Waals surface area contributed by atoms with Gasteiger partial charge in [0.25, 0.3) is 5.91 Å². The molecule has 0 spiro atoms. The molecule has 2 aromatic rings. The van der Waals surface area contributed by atoms with Gasteiger partial charge in [0.05, 0.1) is 11.4 Å². The van der Waals surface area contributed by atoms with Gasteiger partial charge in [-0.05, 0) is 65.4 Å². The highest BCUT2D eigenvalue weighted by Crippen LogP contribution is 2.32. The van der Waals surface area contributed by atoms with Gasteiger partial charge in [-0.1, -0.05) is 12.1 Å². The van der Waals surface area contributed by atoms with E-state index in [1.165, 1.54) is 17.5 Å². The number of anilines is 1. The molecule has 21 heavy (non-hydrogen) atoms. The highest BCUT2D eigenvalue weighted by Gasteiger charge is 2.21. The maximum Gasteiger partial charge on any atom is 0.261 e. The van der Waals surface area contributed by atoms with E-state index in [0.717, 1.165) is 23.0 Å². The Morgan fingerprint density at radius 3 is 2.81 bits per heavy atom. The van der Waals surface area contributed by atoms with E-state index in [2.05, 4.69) is 38.5 Å². The van der Waals surface area contributed by atoms with Crippen molar-refractivity contribution in [2.45, 2.75) is 39.5 Å². The Labute approximate surface area is 132 Å². The Hall–Kier alpha value is -1.62. The quantitative estimate of drug-likeness (QED) is 0.910. The summed E-state index contributed by atoms with van der Waals surface area (Å²) in [4.78, 5) is 12.5. The van der Waals surface area contributed by atoms with E-state index in [-0.39, 0.29) is 5.91 Å². The lowest BCUT2D eigenvalue weighted by atomic mass is 10.1. The van der Waals surface area contributed by atoms with Gasteiger partial charge < -0.3 is 9.84 Å². The van der Waals surface area contributed by atoms with E-state index < -0.39 is 0 Å². The molecule has 1 aliphatic rings. The van der Waals surface area contributed by atoms with Crippen molar-refractivity contribution in [2.75, 3.05) is 5.32 Å². The summed E-state index contributed by atoms with van der Waals surface area (Å²) in [6.07, 6.45) is 4.03. The van der Waals surface area contributed by atoms with Gasteiger partial charge in [0.15, 0.2) is 0 Å². The third-order valence-electron chi connectivity index (χ3n) is 3.91. The first-order valence-electron chi connectivity index (χ1n) is 7.18. The predicted molar refractivity (Wildman–Crippen MR) is 84.7 cm³/mol. The van der Waals surface area contributed by atoms with Crippen molar-refractivity contribution in [1.82, 2.24) is 5.16 Å². The molecule has 1 aromatic heterocycles. The van der Waals surface area contributed by atoms with Gasteiger partial charge >= 0.3 is 0 Å². The standard InChI is InChI=1S/C16H17BrN2O2/c1-3-14-15(9(2)19-21-14)16(20)18-13-8-11-6-4-5-10(11)7-12(13)17/h7-8H,3-6H2,1-2H3,(H,18,20). The Morgan fingerprint density at radius 2 is 2.10 bits per heavy atom. The summed E-state index contributed by atoms with van der Waals surface area (Å²) in [6.45, 7) is 3.73. The molecule has 0 atom stereocenters. The summed E-state index contributed by atoms with van der Waals surface area (Å²) < 4.78 is 6.11. The van der Waals surface area contributed by atoms with E-state index in [4.69, 9.17) is 4.52 Å². The average molecular weight is 349 g/mol. The summed E-state index contributed by atoms with van der Waals surface area (Å²) >= 11 is 3.54. The zero-order valence-electron chi connectivity index (χ0n) is 12.1. The smallest absolute Gasteiger partial charge is 0.261 e. The Kier molecular flexibility index (Phi) is 3.85. The number of hydrogen-bond acceptors (Lipinski definition) is 3. The maximum absolute atomic E-state index is 12.5. The molecule has 4 nitrogen and oxygen atoms in total. The van der Waals surface area contributed by atoms with Crippen LogP contribution in [-0.4, -0.2) is 11.1 Å². The van der Waals surface area contributed by atoms with Crippen LogP contribution in [-0.2, 0) is 19.3 Å². The van der Waals surface area contributed by atoms with Crippen LogP contribution in [0.3, 0.4) is 0 Å². The van der Waals surface area contributed by atoms with Crippen LogP contribution in [0.25, 0.3) is 0 Å². The second-order valence-electron chi connectivity index (χ2n) is 5.33. The maximum atomic E-state index is 12.5. The molecule has 0 unspecified atom stereocenters. The lowest BCUT2D eigenvalue weighted by molar-refractivity contribution is 0.102. The summed E-state index contributed by atoms with van der Waals surface area (Å²) in [7, 11) is 0. The van der Waals surface area contributed by atoms with Crippen LogP contribution in [0.4, 0.5) is 5.69 Å². The topological polar surface area (TPSA) is 55.1 Å². The van der Waals surface area contributed by atoms with Gasteiger partial charge in [-0.3, -0.25) is 4.79 Å². The Balaban J connectivity index is 1.90. The Bertz CT molecular complexity index is 707. The van der Waals surface area contributed by atoms with Gasteiger partial charge in [0.1, 0.15) is 11.3 Å². The highest BCUT2D eigenvalue weighted by molar-refractivity contribution is 9.10. The van der Waals surface area contributed by atoms with E-state index in [9.17, 15) is 4.79 Å². The number of aromatic nitrogens is 1. The minimum absolute atomic E-state index is 0.163. The second-order valence-corrected chi connectivity index (χ2v) is 6.18. The first-order valence-corrected chi connectivity index (χ1v) is 7.97. The number of fused-ring (bicyclic) bond motifs is 1. The zero-order chi connectivity index (χ0) is 15.0. The fraction of sp³-hybridized carbons (Fsp3) is 0.375. The van der Waals surface area contributed by atoms with Gasteiger partial charge in [-0.25, -0.2) is 0 Å². The number of amides is 1. The third-order valence-corrected chi connectivity index (χ3v) is 4.57. The number of halogens is 1. The first kappa shape index (κ1) is 14.3. The molecule has 5 heteroatoms. The molecule has 0 saturated heterocycles.